The van der Waals surface area contributed by atoms with Crippen LogP contribution < -0.4 is 104 Å². The van der Waals surface area contributed by atoms with Crippen molar-refractivity contribution < 1.29 is 4.42 Å². The van der Waals surface area contributed by atoms with E-state index in [4.69, 9.17) is 19.4 Å². The molecule has 4 nitrogen and oxygen atoms in total. The van der Waals surface area contributed by atoms with Crippen molar-refractivity contribution in [3.8, 4) is 56.4 Å². The second kappa shape index (κ2) is 17.3. The molecule has 0 saturated heterocycles. The predicted octanol–water partition coefficient (Wildman–Crippen LogP) is -20.7. The highest BCUT2D eigenvalue weighted by molar-refractivity contribution is 6.75. The van der Waals surface area contributed by atoms with E-state index in [0.717, 1.165) is 49.7 Å². The molecule has 0 fully saturated rings. The summed E-state index contributed by atoms with van der Waals surface area (Å²) >= 11 is 0. The van der Waals surface area contributed by atoms with Crippen molar-refractivity contribution in [2.45, 2.75) is 0 Å². The lowest BCUT2D eigenvalue weighted by molar-refractivity contribution is 0.673. The molecule has 0 amide bonds. The average Bonchev–Trinajstić information content (AvgIpc) is 3.77. The van der Waals surface area contributed by atoms with Gasteiger partial charge in [-0.25, -0.2) is 15.0 Å². The fourth-order valence-corrected chi connectivity index (χ4v) is 12.8. The van der Waals surface area contributed by atoms with Crippen LogP contribution in [-0.2, 0) is 0 Å². The second-order valence-electron chi connectivity index (χ2n) is 20.8. The van der Waals surface area contributed by atoms with Gasteiger partial charge in [-0.15, -0.1) is 21.9 Å². The summed E-state index contributed by atoms with van der Waals surface area (Å²) < 4.78 is 7.56. The molecule has 0 saturated carbocycles. The van der Waals surface area contributed by atoms with Gasteiger partial charge < -0.3 is 4.42 Å². The van der Waals surface area contributed by atoms with Gasteiger partial charge in [-0.3, -0.25) is 0 Å². The molecule has 0 bridgehead atoms. The van der Waals surface area contributed by atoms with Crippen molar-refractivity contribution in [3.63, 3.8) is 0 Å². The summed E-state index contributed by atoms with van der Waals surface area (Å²) in [5.41, 5.74) is 34.5. The predicted molar refractivity (Wildman–Crippen MR) is 365 cm³/mol. The van der Waals surface area contributed by atoms with Gasteiger partial charge in [0.05, 0.1) is 0 Å². The molecule has 0 spiro atoms. The van der Waals surface area contributed by atoms with E-state index in [1.807, 2.05) is 36.4 Å². The number of hydrogen-bond donors (Lipinski definition) is 0. The second-order valence-corrected chi connectivity index (χ2v) is 20.8. The van der Waals surface area contributed by atoms with E-state index >= 15 is 0 Å². The first-order valence-electron chi connectivity index (χ1n) is 25.1. The van der Waals surface area contributed by atoms with Gasteiger partial charge in [-0.05, 0) is 43.7 Å². The van der Waals surface area contributed by atoms with Crippen LogP contribution in [0, 0.1) is 0 Å². The Bertz CT molecular complexity index is 3910. The molecule has 2 aromatic heterocycles. The first-order valence-corrected chi connectivity index (χ1v) is 25.1. The number of fused-ring (bicyclic) bond motifs is 5. The summed E-state index contributed by atoms with van der Waals surface area (Å²) in [6.07, 6.45) is 0. The zero-order valence-corrected chi connectivity index (χ0v) is 45.0. The van der Waals surface area contributed by atoms with Crippen LogP contribution in [0.3, 0.4) is 0 Å². The highest BCUT2D eigenvalue weighted by Gasteiger charge is 2.30. The van der Waals surface area contributed by atoms with Gasteiger partial charge in [-0.2, -0.15) is 0 Å². The molecule has 0 aliphatic rings. The van der Waals surface area contributed by atoms with Gasteiger partial charge >= 0.3 is 0 Å². The summed E-state index contributed by atoms with van der Waals surface area (Å²) in [7, 11) is 43.8. The smallest absolute Gasteiger partial charge is 0.164 e. The molecule has 10 aromatic rings. The van der Waals surface area contributed by atoms with Crippen LogP contribution in [0.5, 0.6) is 0 Å². The van der Waals surface area contributed by atoms with Crippen LogP contribution in [0.15, 0.2) is 65.1 Å². The van der Waals surface area contributed by atoms with E-state index < -0.39 is 0 Å². The first-order chi connectivity index (χ1) is 33.2. The SMILES string of the molecule is Bc1c(B)c(-c2c(B)c(-c3nc(-c4ccccc4)nc(-c4ccccc4)n3)c(B)c3c2oc2c(B)c4c(B)c(B)c(B)c(B)c4c(B)c23)c(B)c(B)c1-c1c(B)c(B)c2c(B)c(B)c(B)c(B)c2c1B. The fraction of sp³-hybridized carbons (Fsp3) is 0. The molecular weight excluding hydrogens is 828 g/mol. The van der Waals surface area contributed by atoms with Crippen LogP contribution in [-0.4, -0.2) is 164 Å². The van der Waals surface area contributed by atoms with E-state index in [1.165, 1.54) is 136 Å². The molecule has 0 N–H and O–H groups in total. The van der Waals surface area contributed by atoms with Crippen molar-refractivity contribution >= 4 is 296 Å². The Morgan fingerprint density at radius 2 is 0.543 bits per heavy atom. The van der Waals surface area contributed by atoms with Crippen molar-refractivity contribution in [3.05, 3.63) is 60.7 Å². The lowest BCUT2D eigenvalue weighted by atomic mass is 9.56. The molecule has 8 aromatic carbocycles. The Kier molecular flexibility index (Phi) is 11.8. The Labute approximate surface area is 430 Å². The average molecular weight is 876 g/mol. The number of hydrogen-bond acceptors (Lipinski definition) is 4. The molecule has 0 unspecified atom stereocenters. The largest absolute Gasteiger partial charge is 0.456 e. The van der Waals surface area contributed by atoms with E-state index in [2.05, 4.69) is 173 Å². The maximum absolute atomic E-state index is 7.56. The molecule has 0 aliphatic heterocycles. The van der Waals surface area contributed by atoms with Crippen LogP contribution >= 0.6 is 0 Å². The molecule has 70 heavy (non-hydrogen) atoms. The van der Waals surface area contributed by atoms with Crippen molar-refractivity contribution in [2.75, 3.05) is 0 Å². The van der Waals surface area contributed by atoms with E-state index in [-0.39, 0.29) is 0 Å². The Morgan fingerprint density at radius 1 is 0.229 bits per heavy atom. The minimum Gasteiger partial charge on any atom is -0.456 e. The molecule has 10 rings (SSSR count). The molecule has 0 aliphatic carbocycles. The summed E-state index contributed by atoms with van der Waals surface area (Å²) in [4.78, 5) is 16.0. The van der Waals surface area contributed by atoms with Crippen LogP contribution in [0.4, 0.5) is 0 Å². The number of benzene rings is 8. The van der Waals surface area contributed by atoms with Gasteiger partial charge in [0.2, 0.25) is 0 Å². The highest BCUT2D eigenvalue weighted by atomic mass is 16.3. The van der Waals surface area contributed by atoms with E-state index in [0.29, 0.717) is 17.5 Å². The third-order valence-electron chi connectivity index (χ3n) is 17.6. The van der Waals surface area contributed by atoms with Gasteiger partial charge in [0.1, 0.15) is 160 Å². The van der Waals surface area contributed by atoms with Crippen LogP contribution in [0.25, 0.3) is 99.9 Å². The summed E-state index contributed by atoms with van der Waals surface area (Å²) in [5, 5.41) is 7.72. The monoisotopic (exact) mass is 880 g/mol. The number of nitrogens with zero attached hydrogens (tertiary/aromatic N) is 3. The van der Waals surface area contributed by atoms with Crippen LogP contribution in [0.1, 0.15) is 0 Å². The Morgan fingerprint density at radius 3 is 1.00 bits per heavy atom. The summed E-state index contributed by atoms with van der Waals surface area (Å²) in [6.45, 7) is 0. The lowest BCUT2D eigenvalue weighted by Crippen LogP contribution is -2.53. The topological polar surface area (TPSA) is 51.8 Å². The molecule has 23 heteroatoms. The highest BCUT2D eigenvalue weighted by Crippen LogP contribution is 2.36. The normalized spacial score (nSPS) is 11.7. The fourth-order valence-electron chi connectivity index (χ4n) is 12.8. The van der Waals surface area contributed by atoms with Crippen molar-refractivity contribution in [1.29, 1.82) is 0 Å². The first kappa shape index (κ1) is 48.0. The third kappa shape index (κ3) is 6.75. The molecule has 2 heterocycles. The minimum atomic E-state index is 0.646. The standard InChI is InChI=1S/C47H48B19N3O/c48-24-13(28(52)31(55)17-14(24)34(58)39(63)41(65)36(17)60)16-29(53)32(56)19(33(57)30(16)54)20-26(50)23(47-68-45(11-7-3-1-4-8-11)67-46(69-47)12-9-5-2-6-10-12)27(51)21-22-25(49)15-18(38(62)44(22)70-43(20)21)37(61)42(66)40(64)35(15)59/h1-10H,48-66H2. The van der Waals surface area contributed by atoms with E-state index in [9.17, 15) is 0 Å². The van der Waals surface area contributed by atoms with E-state index in [1.54, 1.807) is 0 Å². The third-order valence-corrected chi connectivity index (χ3v) is 17.6. The maximum Gasteiger partial charge on any atom is 0.164 e. The zero-order valence-electron chi connectivity index (χ0n) is 45.0. The van der Waals surface area contributed by atoms with Gasteiger partial charge in [0.15, 0.2) is 17.5 Å². The maximum atomic E-state index is 7.56. The zero-order chi connectivity index (χ0) is 50.3. The van der Waals surface area contributed by atoms with Gasteiger partial charge in [0.25, 0.3) is 0 Å². The molecular formula is C47H48B19N3O. The number of furan rings is 1. The van der Waals surface area contributed by atoms with Crippen molar-refractivity contribution in [2.24, 2.45) is 0 Å². The summed E-state index contributed by atoms with van der Waals surface area (Å²) in [5.74, 6) is 1.95. The minimum absolute atomic E-state index is 0.646. The van der Waals surface area contributed by atoms with Gasteiger partial charge in [-0.1, -0.05) is 137 Å². The van der Waals surface area contributed by atoms with Crippen molar-refractivity contribution in [1.82, 2.24) is 15.0 Å². The number of aromatic nitrogens is 3. The van der Waals surface area contributed by atoms with Crippen LogP contribution in [0.2, 0.25) is 0 Å². The quantitative estimate of drug-likeness (QED) is 0.162. The number of rotatable bonds is 5. The molecule has 0 atom stereocenters. The Hall–Kier alpha value is -5.68. The Balaban J connectivity index is 1.38. The molecule has 314 valence electrons. The molecule has 0 radical (unpaired) electrons. The summed E-state index contributed by atoms with van der Waals surface area (Å²) in [6, 6.07) is 20.6. The lowest BCUT2D eigenvalue weighted by Gasteiger charge is -2.29. The van der Waals surface area contributed by atoms with Gasteiger partial charge in [0, 0.05) is 33.0 Å².